The highest BCUT2D eigenvalue weighted by Crippen LogP contribution is 2.20. The van der Waals surface area contributed by atoms with Gasteiger partial charge in [0.1, 0.15) is 20.8 Å². The summed E-state index contributed by atoms with van der Waals surface area (Å²) >= 11 is 4.75. The summed E-state index contributed by atoms with van der Waals surface area (Å²) in [6, 6.07) is 16.0. The Hall–Kier alpha value is -3.35. The van der Waals surface area contributed by atoms with Crippen molar-refractivity contribution in [3.8, 4) is 0 Å². The van der Waals surface area contributed by atoms with Gasteiger partial charge in [-0.25, -0.2) is 0 Å². The topological polar surface area (TPSA) is 104 Å². The van der Waals surface area contributed by atoms with Crippen molar-refractivity contribution in [2.75, 3.05) is 54.8 Å². The van der Waals surface area contributed by atoms with Crippen molar-refractivity contribution in [3.05, 3.63) is 74.7 Å². The van der Waals surface area contributed by atoms with Gasteiger partial charge in [0, 0.05) is 58.8 Å². The Labute approximate surface area is 253 Å². The van der Waals surface area contributed by atoms with Crippen LogP contribution in [-0.4, -0.2) is 71.8 Å². The molecule has 0 fully saturated rings. The molecule has 2 aromatic heterocycles. The third-order valence-corrected chi connectivity index (χ3v) is 9.03. The fourth-order valence-electron chi connectivity index (χ4n) is 3.92. The molecule has 0 saturated carbocycles. The molecule has 0 atom stereocenters. The van der Waals surface area contributed by atoms with E-state index in [0.717, 1.165) is 61.9 Å². The van der Waals surface area contributed by atoms with Crippen molar-refractivity contribution in [1.29, 1.82) is 0 Å². The van der Waals surface area contributed by atoms with Crippen molar-refractivity contribution in [2.45, 2.75) is 32.1 Å². The number of ketones is 1. The number of rotatable bonds is 15. The number of carbonyl (C=O) groups is 2. The van der Waals surface area contributed by atoms with Crippen LogP contribution in [0.5, 0.6) is 0 Å². The third kappa shape index (κ3) is 9.91. The van der Waals surface area contributed by atoms with Crippen molar-refractivity contribution in [2.24, 2.45) is 0 Å². The molecule has 41 heavy (non-hydrogen) atoms. The lowest BCUT2D eigenvalue weighted by atomic mass is 10.1. The lowest BCUT2D eigenvalue weighted by molar-refractivity contribution is -0.118. The highest BCUT2D eigenvalue weighted by atomic mass is 32.2. The average molecular weight is 610 g/mol. The van der Waals surface area contributed by atoms with E-state index in [1.165, 1.54) is 22.7 Å². The molecule has 4 aromatic rings. The zero-order chi connectivity index (χ0) is 29.2. The second-order valence-corrected chi connectivity index (χ2v) is 13.4. The Morgan fingerprint density at radius 2 is 1.20 bits per heavy atom. The number of amides is 1. The van der Waals surface area contributed by atoms with Gasteiger partial charge in [0.25, 0.3) is 0 Å². The average Bonchev–Trinajstić information content (AvgIpc) is 3.58. The maximum Gasteiger partial charge on any atom is 0.230 e. The number of aromatic nitrogens is 4. The van der Waals surface area contributed by atoms with Crippen LogP contribution in [0.4, 0.5) is 16.5 Å². The summed E-state index contributed by atoms with van der Waals surface area (Å²) in [5.41, 5.74) is 4.17. The van der Waals surface area contributed by atoms with E-state index in [4.69, 9.17) is 0 Å². The Balaban J connectivity index is 1.11. The van der Waals surface area contributed by atoms with Crippen LogP contribution in [0, 0.1) is 0 Å². The van der Waals surface area contributed by atoms with E-state index in [1.807, 2.05) is 98.3 Å². The van der Waals surface area contributed by atoms with E-state index >= 15 is 0 Å². The van der Waals surface area contributed by atoms with Gasteiger partial charge in [0.05, 0.1) is 12.8 Å². The van der Waals surface area contributed by atoms with Crippen LogP contribution in [0.15, 0.2) is 48.5 Å². The molecule has 0 radical (unpaired) electrons. The summed E-state index contributed by atoms with van der Waals surface area (Å²) in [7, 11) is 7.97. The van der Waals surface area contributed by atoms with E-state index in [2.05, 4.69) is 25.7 Å². The highest BCUT2D eigenvalue weighted by Gasteiger charge is 2.12. The van der Waals surface area contributed by atoms with Crippen LogP contribution in [0.3, 0.4) is 0 Å². The van der Waals surface area contributed by atoms with Crippen molar-refractivity contribution in [3.63, 3.8) is 0 Å². The second kappa shape index (κ2) is 15.0. The van der Waals surface area contributed by atoms with Gasteiger partial charge in [0.15, 0.2) is 0 Å². The van der Waals surface area contributed by atoms with Crippen molar-refractivity contribution in [1.82, 2.24) is 20.4 Å². The first-order valence-electron chi connectivity index (χ1n) is 13.3. The molecule has 0 aliphatic heterocycles. The number of carbonyl (C=O) groups excluding carboxylic acids is 2. The summed E-state index contributed by atoms with van der Waals surface area (Å²) < 4.78 is 0. The molecule has 1 amide bonds. The Morgan fingerprint density at radius 1 is 0.683 bits per heavy atom. The lowest BCUT2D eigenvalue weighted by Gasteiger charge is -2.12. The zero-order valence-corrected chi connectivity index (χ0v) is 26.2. The fourth-order valence-corrected chi connectivity index (χ4v) is 6.68. The van der Waals surface area contributed by atoms with Crippen LogP contribution in [0.25, 0.3) is 0 Å². The molecule has 12 heteroatoms. The fraction of sp³-hybridized carbons (Fsp3) is 0.379. The second-order valence-electron chi connectivity index (χ2n) is 9.94. The molecule has 9 nitrogen and oxygen atoms in total. The number of hydrogen-bond donors (Lipinski definition) is 1. The normalized spacial score (nSPS) is 10.9. The summed E-state index contributed by atoms with van der Waals surface area (Å²) in [4.78, 5) is 29.0. The van der Waals surface area contributed by atoms with E-state index in [-0.39, 0.29) is 11.7 Å². The predicted octanol–water partition coefficient (Wildman–Crippen LogP) is 4.58. The van der Waals surface area contributed by atoms with Gasteiger partial charge in [-0.2, -0.15) is 11.8 Å². The van der Waals surface area contributed by atoms with E-state index in [9.17, 15) is 9.59 Å². The van der Waals surface area contributed by atoms with Crippen LogP contribution in [0.1, 0.15) is 26.1 Å². The molecule has 2 aromatic carbocycles. The largest absolute Gasteiger partial charge is 0.378 e. The maximum atomic E-state index is 12.5. The lowest BCUT2D eigenvalue weighted by Crippen LogP contribution is -2.14. The summed E-state index contributed by atoms with van der Waals surface area (Å²) in [5, 5.41) is 22.8. The van der Waals surface area contributed by atoms with Crippen molar-refractivity contribution >= 4 is 62.6 Å². The van der Waals surface area contributed by atoms with Gasteiger partial charge in [0.2, 0.25) is 11.0 Å². The van der Waals surface area contributed by atoms with Crippen LogP contribution in [0.2, 0.25) is 0 Å². The molecule has 0 saturated heterocycles. The molecular formula is C29H35N7O2S3. The van der Waals surface area contributed by atoms with Gasteiger partial charge in [-0.3, -0.25) is 9.59 Å². The molecule has 0 aliphatic carbocycles. The number of aryl methyl sites for hydroxylation is 2. The van der Waals surface area contributed by atoms with Crippen molar-refractivity contribution < 1.29 is 9.59 Å². The van der Waals surface area contributed by atoms with Gasteiger partial charge < -0.3 is 15.1 Å². The molecule has 0 spiro atoms. The number of benzene rings is 2. The quantitative estimate of drug-likeness (QED) is 0.194. The van der Waals surface area contributed by atoms with Crippen LogP contribution >= 0.6 is 34.4 Å². The number of nitrogens with one attached hydrogen (secondary N) is 1. The number of Topliss-reactive ketones (excluding diaryl/α,β-unsaturated/α-hetero) is 1. The van der Waals surface area contributed by atoms with Gasteiger partial charge in [-0.15, -0.1) is 31.7 Å². The Kier molecular flexibility index (Phi) is 11.2. The molecule has 0 bridgehead atoms. The number of nitrogens with zero attached hydrogens (tertiary/aromatic N) is 6. The molecule has 2 heterocycles. The van der Waals surface area contributed by atoms with E-state index < -0.39 is 0 Å². The van der Waals surface area contributed by atoms with E-state index in [1.54, 1.807) is 0 Å². The van der Waals surface area contributed by atoms with Gasteiger partial charge in [-0.1, -0.05) is 35.6 Å². The number of hydrogen-bond acceptors (Lipinski definition) is 11. The molecule has 1 N–H and O–H groups in total. The molecule has 0 aliphatic rings. The standard InChI is InChI=1S/C29H35N7O2S3/c1-35(2)22-9-5-20(6-10-22)17-24(37)19-28-33-31-26(40-28)13-15-39-16-14-27-32-34-29(41-27)30-25(38)18-21-7-11-23(12-8-21)36(3)4/h5-12H,13-19H2,1-4H3,(H,30,34,38). The van der Waals surface area contributed by atoms with Gasteiger partial charge >= 0.3 is 0 Å². The summed E-state index contributed by atoms with van der Waals surface area (Å²) in [6.07, 6.45) is 2.62. The maximum absolute atomic E-state index is 12.5. The smallest absolute Gasteiger partial charge is 0.230 e. The summed E-state index contributed by atoms with van der Waals surface area (Å²) in [5.74, 6) is 1.86. The molecule has 0 unspecified atom stereocenters. The van der Waals surface area contributed by atoms with Gasteiger partial charge in [-0.05, 0) is 46.9 Å². The molecule has 4 rings (SSSR count). The minimum atomic E-state index is -0.100. The van der Waals surface area contributed by atoms with E-state index in [0.29, 0.717) is 24.4 Å². The predicted molar refractivity (Wildman–Crippen MR) is 171 cm³/mol. The van der Waals surface area contributed by atoms with Crippen LogP contribution < -0.4 is 15.1 Å². The van der Waals surface area contributed by atoms with Crippen LogP contribution in [-0.2, 0) is 41.7 Å². The highest BCUT2D eigenvalue weighted by molar-refractivity contribution is 7.99. The molecular weight excluding hydrogens is 575 g/mol. The third-order valence-electron chi connectivity index (χ3n) is 6.16. The molecule has 216 valence electrons. The minimum absolute atomic E-state index is 0.100. The monoisotopic (exact) mass is 609 g/mol. The first kappa shape index (κ1) is 30.6. The first-order chi connectivity index (χ1) is 19.7. The SMILES string of the molecule is CN(C)c1ccc(CC(=O)Cc2nnc(CCSCCc3nnc(NC(=O)Cc4ccc(N(C)C)cc4)s3)s2)cc1. The number of anilines is 3. The number of thioether (sulfide) groups is 1. The first-order valence-corrected chi connectivity index (χ1v) is 16.1. The Morgan fingerprint density at radius 3 is 1.78 bits per heavy atom. The summed E-state index contributed by atoms with van der Waals surface area (Å²) in [6.45, 7) is 0. The Bertz CT molecular complexity index is 1310. The minimum Gasteiger partial charge on any atom is -0.378 e. The zero-order valence-electron chi connectivity index (χ0n) is 23.8.